The molecule has 30 heavy (non-hydrogen) atoms. The molecule has 1 aliphatic rings. The molecule has 0 spiro atoms. The number of guanidine groups is 1. The van der Waals surface area contributed by atoms with Crippen LogP contribution in [-0.2, 0) is 17.7 Å². The summed E-state index contributed by atoms with van der Waals surface area (Å²) < 4.78 is 11.6. The minimum atomic E-state index is 0. The van der Waals surface area contributed by atoms with Crippen LogP contribution in [0.4, 0.5) is 0 Å². The summed E-state index contributed by atoms with van der Waals surface area (Å²) in [5.74, 6) is 1.72. The molecule has 2 N–H and O–H groups in total. The Morgan fingerprint density at radius 1 is 1.23 bits per heavy atom. The van der Waals surface area contributed by atoms with Crippen molar-refractivity contribution in [2.24, 2.45) is 4.99 Å². The maximum absolute atomic E-state index is 6.19. The molecule has 1 fully saturated rings. The minimum Gasteiger partial charge on any atom is -0.488 e. The van der Waals surface area contributed by atoms with Crippen molar-refractivity contribution >= 4 is 29.9 Å². The summed E-state index contributed by atoms with van der Waals surface area (Å²) in [5.41, 5.74) is 4.79. The Morgan fingerprint density at radius 2 is 2.10 bits per heavy atom. The van der Waals surface area contributed by atoms with Gasteiger partial charge in [-0.25, -0.2) is 4.99 Å². The lowest BCUT2D eigenvalue weighted by Crippen LogP contribution is -2.38. The largest absolute Gasteiger partial charge is 0.488 e. The molecule has 0 amide bonds. The van der Waals surface area contributed by atoms with Crippen LogP contribution in [0, 0.1) is 13.8 Å². The van der Waals surface area contributed by atoms with E-state index in [-0.39, 0.29) is 30.1 Å². The monoisotopic (exact) mass is 524 g/mol. The third kappa shape index (κ3) is 7.43. The number of aryl methyl sites for hydroxylation is 2. The Bertz CT molecular complexity index is 823. The van der Waals surface area contributed by atoms with Gasteiger partial charge in [-0.2, -0.15) is 0 Å². The van der Waals surface area contributed by atoms with Gasteiger partial charge in [-0.1, -0.05) is 12.1 Å². The van der Waals surface area contributed by atoms with Gasteiger partial charge in [0.1, 0.15) is 11.9 Å². The lowest BCUT2D eigenvalue weighted by molar-refractivity contribution is 0.140. The Kier molecular flexibility index (Phi) is 10.4. The normalized spacial score (nSPS) is 16.1. The van der Waals surface area contributed by atoms with E-state index in [0.29, 0.717) is 13.2 Å². The summed E-state index contributed by atoms with van der Waals surface area (Å²) in [6.07, 6.45) is 5.75. The van der Waals surface area contributed by atoms with Crippen LogP contribution in [0.1, 0.15) is 35.6 Å². The molecule has 164 valence electrons. The summed E-state index contributed by atoms with van der Waals surface area (Å²) in [5, 5.41) is 6.75. The van der Waals surface area contributed by atoms with Gasteiger partial charge in [0.2, 0.25) is 0 Å². The number of nitrogens with zero attached hydrogens (tertiary/aromatic N) is 2. The van der Waals surface area contributed by atoms with Crippen LogP contribution in [0.25, 0.3) is 0 Å². The molecule has 1 unspecified atom stereocenters. The Balaban J connectivity index is 0.00000320. The van der Waals surface area contributed by atoms with Gasteiger partial charge in [-0.3, -0.25) is 4.98 Å². The van der Waals surface area contributed by atoms with Gasteiger partial charge < -0.3 is 20.1 Å². The SMILES string of the molecule is CCNC(=NCc1ccc(C)cc1OC1CCOC1)NCCc1ccncc1C.I. The Labute approximate surface area is 196 Å². The molecular weight excluding hydrogens is 491 g/mol. The summed E-state index contributed by atoms with van der Waals surface area (Å²) >= 11 is 0. The smallest absolute Gasteiger partial charge is 0.191 e. The third-order valence-electron chi connectivity index (χ3n) is 4.98. The van der Waals surface area contributed by atoms with E-state index in [1.54, 1.807) is 0 Å². The zero-order valence-corrected chi connectivity index (χ0v) is 20.4. The van der Waals surface area contributed by atoms with Crippen LogP contribution in [0.15, 0.2) is 41.7 Å². The summed E-state index contributed by atoms with van der Waals surface area (Å²) in [6.45, 7) is 9.88. The van der Waals surface area contributed by atoms with E-state index < -0.39 is 0 Å². The van der Waals surface area contributed by atoms with Crippen molar-refractivity contribution in [1.82, 2.24) is 15.6 Å². The second-order valence-electron chi connectivity index (χ2n) is 7.39. The molecule has 3 rings (SSSR count). The average molecular weight is 524 g/mol. The fourth-order valence-electron chi connectivity index (χ4n) is 3.29. The number of hydrogen-bond donors (Lipinski definition) is 2. The van der Waals surface area contributed by atoms with E-state index in [4.69, 9.17) is 14.5 Å². The van der Waals surface area contributed by atoms with Gasteiger partial charge in [0.05, 0.1) is 19.8 Å². The summed E-state index contributed by atoms with van der Waals surface area (Å²) in [4.78, 5) is 8.93. The van der Waals surface area contributed by atoms with Crippen molar-refractivity contribution in [2.45, 2.75) is 46.3 Å². The minimum absolute atomic E-state index is 0. The summed E-state index contributed by atoms with van der Waals surface area (Å²) in [6, 6.07) is 8.38. The predicted molar refractivity (Wildman–Crippen MR) is 132 cm³/mol. The van der Waals surface area contributed by atoms with Crippen LogP contribution in [0.2, 0.25) is 0 Å². The second-order valence-corrected chi connectivity index (χ2v) is 7.39. The molecule has 7 heteroatoms. The van der Waals surface area contributed by atoms with Crippen molar-refractivity contribution in [3.63, 3.8) is 0 Å². The van der Waals surface area contributed by atoms with E-state index in [9.17, 15) is 0 Å². The van der Waals surface area contributed by atoms with Crippen LogP contribution in [0.5, 0.6) is 5.75 Å². The molecule has 0 radical (unpaired) electrons. The van der Waals surface area contributed by atoms with Crippen molar-refractivity contribution in [3.8, 4) is 5.75 Å². The predicted octanol–water partition coefficient (Wildman–Crippen LogP) is 3.78. The van der Waals surface area contributed by atoms with Gasteiger partial charge in [-0.15, -0.1) is 24.0 Å². The molecule has 2 aromatic rings. The first-order valence-electron chi connectivity index (χ1n) is 10.4. The maximum Gasteiger partial charge on any atom is 0.191 e. The van der Waals surface area contributed by atoms with E-state index in [0.717, 1.165) is 49.8 Å². The fourth-order valence-corrected chi connectivity index (χ4v) is 3.29. The van der Waals surface area contributed by atoms with E-state index >= 15 is 0 Å². The Hall–Kier alpha value is -1.87. The van der Waals surface area contributed by atoms with Crippen molar-refractivity contribution in [1.29, 1.82) is 0 Å². The van der Waals surface area contributed by atoms with E-state index in [1.807, 2.05) is 12.4 Å². The molecule has 2 heterocycles. The number of aromatic nitrogens is 1. The van der Waals surface area contributed by atoms with Gasteiger partial charge in [-0.05, 0) is 56.0 Å². The Morgan fingerprint density at radius 3 is 2.83 bits per heavy atom. The van der Waals surface area contributed by atoms with Crippen LogP contribution in [0.3, 0.4) is 0 Å². The number of benzene rings is 1. The van der Waals surface area contributed by atoms with Gasteiger partial charge >= 0.3 is 0 Å². The third-order valence-corrected chi connectivity index (χ3v) is 4.98. The number of aliphatic imine (C=N–C) groups is 1. The first-order valence-corrected chi connectivity index (χ1v) is 10.4. The topological polar surface area (TPSA) is 67.8 Å². The lowest BCUT2D eigenvalue weighted by Gasteiger charge is -2.16. The first-order chi connectivity index (χ1) is 14.2. The molecule has 0 saturated carbocycles. The van der Waals surface area contributed by atoms with E-state index in [1.165, 1.54) is 16.7 Å². The number of ether oxygens (including phenoxy) is 2. The van der Waals surface area contributed by atoms with Gasteiger partial charge in [0.25, 0.3) is 0 Å². The van der Waals surface area contributed by atoms with Gasteiger partial charge in [0, 0.05) is 37.5 Å². The molecule has 1 saturated heterocycles. The van der Waals surface area contributed by atoms with Crippen molar-refractivity contribution in [2.75, 3.05) is 26.3 Å². The zero-order valence-electron chi connectivity index (χ0n) is 18.1. The molecular formula is C23H33IN4O2. The number of hydrogen-bond acceptors (Lipinski definition) is 4. The standard InChI is InChI=1S/C23H32N4O2.HI/c1-4-25-23(26-11-8-19-7-10-24-14-18(19)3)27-15-20-6-5-17(2)13-22(20)29-21-9-12-28-16-21;/h5-7,10,13-14,21H,4,8-9,11-12,15-16H2,1-3H3,(H2,25,26,27);1H. The molecule has 1 aliphatic heterocycles. The van der Waals surface area contributed by atoms with Crippen LogP contribution < -0.4 is 15.4 Å². The van der Waals surface area contributed by atoms with Crippen molar-refractivity contribution in [3.05, 3.63) is 58.9 Å². The highest BCUT2D eigenvalue weighted by molar-refractivity contribution is 14.0. The molecule has 0 aliphatic carbocycles. The molecule has 1 atom stereocenters. The number of pyridine rings is 1. The highest BCUT2D eigenvalue weighted by atomic mass is 127. The van der Waals surface area contributed by atoms with Gasteiger partial charge in [0.15, 0.2) is 5.96 Å². The highest BCUT2D eigenvalue weighted by Gasteiger charge is 2.18. The molecule has 1 aromatic carbocycles. The zero-order chi connectivity index (χ0) is 20.5. The van der Waals surface area contributed by atoms with Crippen LogP contribution in [-0.4, -0.2) is 43.4 Å². The quantitative estimate of drug-likeness (QED) is 0.313. The number of nitrogens with one attached hydrogen (secondary N) is 2. The lowest BCUT2D eigenvalue weighted by atomic mass is 10.1. The molecule has 0 bridgehead atoms. The van der Waals surface area contributed by atoms with Crippen molar-refractivity contribution < 1.29 is 9.47 Å². The number of rotatable bonds is 8. The average Bonchev–Trinajstić information content (AvgIpc) is 3.22. The highest BCUT2D eigenvalue weighted by Crippen LogP contribution is 2.24. The summed E-state index contributed by atoms with van der Waals surface area (Å²) in [7, 11) is 0. The molecule has 6 nitrogen and oxygen atoms in total. The second kappa shape index (κ2) is 12.7. The fraction of sp³-hybridized carbons (Fsp3) is 0.478. The number of halogens is 1. The maximum atomic E-state index is 6.19. The van der Waals surface area contributed by atoms with Crippen LogP contribution >= 0.6 is 24.0 Å². The van der Waals surface area contributed by atoms with E-state index in [2.05, 4.69) is 60.7 Å². The first kappa shape index (κ1) is 24.4. The molecule has 1 aromatic heterocycles.